The van der Waals surface area contributed by atoms with Gasteiger partial charge in [0.2, 0.25) is 0 Å². The van der Waals surface area contributed by atoms with Gasteiger partial charge >= 0.3 is 6.98 Å². The van der Waals surface area contributed by atoms with Gasteiger partial charge in [-0.25, -0.2) is 0 Å². The molecule has 0 unspecified atom stereocenters. The SMILES string of the molecule is C=C(CSCc1ccccc1C)[B-](F)(F)F. The van der Waals surface area contributed by atoms with Crippen molar-refractivity contribution in [2.24, 2.45) is 0 Å². The Labute approximate surface area is 98.0 Å². The Hall–Kier alpha value is -0.835. The molecular weight excluding hydrogens is 232 g/mol. The lowest BCUT2D eigenvalue weighted by molar-refractivity contribution is 0.491. The number of rotatable bonds is 5. The molecule has 0 amide bonds. The van der Waals surface area contributed by atoms with Crippen LogP contribution in [0.15, 0.2) is 36.3 Å². The first-order chi connectivity index (χ1) is 7.41. The van der Waals surface area contributed by atoms with E-state index in [1.54, 1.807) is 0 Å². The number of hydrogen-bond acceptors (Lipinski definition) is 1. The molecule has 88 valence electrons. The Balaban J connectivity index is 2.43. The lowest BCUT2D eigenvalue weighted by Gasteiger charge is -2.17. The zero-order valence-corrected chi connectivity index (χ0v) is 9.87. The van der Waals surface area contributed by atoms with Gasteiger partial charge in [-0.15, -0.1) is 12.1 Å². The average Bonchev–Trinajstić information content (AvgIpc) is 2.19. The van der Waals surface area contributed by atoms with Crippen molar-refractivity contribution >= 4 is 18.7 Å². The molecule has 0 N–H and O–H groups in total. The molecule has 16 heavy (non-hydrogen) atoms. The number of halogens is 3. The minimum Gasteiger partial charge on any atom is -0.445 e. The number of aryl methyl sites for hydroxylation is 1. The average molecular weight is 245 g/mol. The van der Waals surface area contributed by atoms with Gasteiger partial charge in [0.15, 0.2) is 0 Å². The highest BCUT2D eigenvalue weighted by atomic mass is 32.2. The molecule has 1 aromatic rings. The fourth-order valence-corrected chi connectivity index (χ4v) is 2.26. The third kappa shape index (κ3) is 3.97. The van der Waals surface area contributed by atoms with E-state index in [1.807, 2.05) is 31.2 Å². The summed E-state index contributed by atoms with van der Waals surface area (Å²) in [5.74, 6) is 0.551. The van der Waals surface area contributed by atoms with Crippen molar-refractivity contribution in [2.75, 3.05) is 5.75 Å². The summed E-state index contributed by atoms with van der Waals surface area (Å²) < 4.78 is 36.6. The van der Waals surface area contributed by atoms with Gasteiger partial charge in [-0.3, -0.25) is 0 Å². The second-order valence-electron chi connectivity index (χ2n) is 3.65. The molecule has 5 heteroatoms. The molecular formula is C11H13BF3S-. The summed E-state index contributed by atoms with van der Waals surface area (Å²) in [6, 6.07) is 7.70. The van der Waals surface area contributed by atoms with E-state index < -0.39 is 12.4 Å². The summed E-state index contributed by atoms with van der Waals surface area (Å²) in [6.45, 7) is 0.140. The Morgan fingerprint density at radius 1 is 1.31 bits per heavy atom. The van der Waals surface area contributed by atoms with Crippen molar-refractivity contribution in [1.82, 2.24) is 0 Å². The van der Waals surface area contributed by atoms with Crippen LogP contribution in [0.1, 0.15) is 11.1 Å². The highest BCUT2D eigenvalue weighted by molar-refractivity contribution is 7.98. The minimum atomic E-state index is -4.88. The molecule has 0 heterocycles. The Bertz CT molecular complexity index is 374. The molecule has 0 bridgehead atoms. The Morgan fingerprint density at radius 2 is 1.94 bits per heavy atom. The molecule has 1 aromatic carbocycles. The summed E-state index contributed by atoms with van der Waals surface area (Å²) in [7, 11) is 0. The van der Waals surface area contributed by atoms with Crippen molar-refractivity contribution in [2.45, 2.75) is 12.7 Å². The van der Waals surface area contributed by atoms with Crippen molar-refractivity contribution in [3.63, 3.8) is 0 Å². The normalized spacial score (nSPS) is 11.5. The van der Waals surface area contributed by atoms with Crippen LogP contribution in [0, 0.1) is 6.92 Å². The minimum absolute atomic E-state index is 0.0438. The molecule has 0 atom stereocenters. The highest BCUT2D eigenvalue weighted by Gasteiger charge is 2.26. The van der Waals surface area contributed by atoms with E-state index in [0.717, 1.165) is 11.1 Å². The summed E-state index contributed by atoms with van der Waals surface area (Å²) in [4.78, 5) is 0. The van der Waals surface area contributed by atoms with Crippen LogP contribution >= 0.6 is 11.8 Å². The summed E-state index contributed by atoms with van der Waals surface area (Å²) in [5, 5.41) is 0. The van der Waals surface area contributed by atoms with Gasteiger partial charge in [-0.2, -0.15) is 11.8 Å². The van der Waals surface area contributed by atoms with Crippen molar-refractivity contribution < 1.29 is 12.9 Å². The van der Waals surface area contributed by atoms with Crippen LogP contribution in [0.3, 0.4) is 0 Å². The zero-order chi connectivity index (χ0) is 12.2. The molecule has 0 saturated carbocycles. The molecule has 1 rings (SSSR count). The monoisotopic (exact) mass is 245 g/mol. The molecule has 0 aliphatic carbocycles. The predicted octanol–water partition coefficient (Wildman–Crippen LogP) is 4.17. The summed E-state index contributed by atoms with van der Waals surface area (Å²) >= 11 is 1.25. The predicted molar refractivity (Wildman–Crippen MR) is 65.6 cm³/mol. The molecule has 0 nitrogen and oxygen atoms in total. The van der Waals surface area contributed by atoms with Gasteiger partial charge in [0.1, 0.15) is 0 Å². The molecule has 0 radical (unpaired) electrons. The van der Waals surface area contributed by atoms with E-state index in [2.05, 4.69) is 6.58 Å². The standard InChI is InChI=1S/C11H13BF3S/c1-9-5-3-4-6-11(9)8-16-7-10(2)12(13,14)15/h3-6H,2,7-8H2,1H3/q-1. The van der Waals surface area contributed by atoms with Crippen LogP contribution in [-0.2, 0) is 5.75 Å². The van der Waals surface area contributed by atoms with Crippen LogP contribution < -0.4 is 0 Å². The Morgan fingerprint density at radius 3 is 2.50 bits per heavy atom. The summed E-state index contributed by atoms with van der Waals surface area (Å²) in [6.07, 6.45) is 0. The maximum absolute atomic E-state index is 12.2. The van der Waals surface area contributed by atoms with E-state index in [9.17, 15) is 12.9 Å². The quantitative estimate of drug-likeness (QED) is 0.701. The van der Waals surface area contributed by atoms with E-state index in [-0.39, 0.29) is 5.75 Å². The third-order valence-electron chi connectivity index (χ3n) is 2.27. The van der Waals surface area contributed by atoms with Crippen molar-refractivity contribution in [1.29, 1.82) is 0 Å². The summed E-state index contributed by atoms with van der Waals surface area (Å²) in [5.41, 5.74) is 1.58. The topological polar surface area (TPSA) is 0 Å². The maximum atomic E-state index is 12.2. The van der Waals surface area contributed by atoms with Crippen molar-refractivity contribution in [3.8, 4) is 0 Å². The van der Waals surface area contributed by atoms with Gasteiger partial charge in [0.25, 0.3) is 0 Å². The van der Waals surface area contributed by atoms with Crippen LogP contribution in [0.4, 0.5) is 12.9 Å². The molecule has 0 aliphatic rings. The first-order valence-electron chi connectivity index (χ1n) is 4.91. The first kappa shape index (κ1) is 13.2. The van der Waals surface area contributed by atoms with Gasteiger partial charge in [-0.05, 0) is 23.8 Å². The smallest absolute Gasteiger partial charge is 0.445 e. The van der Waals surface area contributed by atoms with E-state index in [0.29, 0.717) is 5.75 Å². The third-order valence-corrected chi connectivity index (χ3v) is 3.36. The van der Waals surface area contributed by atoms with E-state index >= 15 is 0 Å². The molecule has 0 spiro atoms. The number of hydrogen-bond donors (Lipinski definition) is 0. The maximum Gasteiger partial charge on any atom is 0.505 e. The van der Waals surface area contributed by atoms with Crippen LogP contribution in [0.25, 0.3) is 0 Å². The fourth-order valence-electron chi connectivity index (χ4n) is 1.16. The molecule has 0 aliphatic heterocycles. The largest absolute Gasteiger partial charge is 0.505 e. The van der Waals surface area contributed by atoms with Crippen molar-refractivity contribution in [3.05, 3.63) is 47.4 Å². The lowest BCUT2D eigenvalue weighted by Crippen LogP contribution is -2.20. The molecule has 0 fully saturated rings. The van der Waals surface area contributed by atoms with Crippen LogP contribution in [-0.4, -0.2) is 12.7 Å². The number of benzene rings is 1. The second-order valence-corrected chi connectivity index (χ2v) is 4.64. The van der Waals surface area contributed by atoms with Gasteiger partial charge in [-0.1, -0.05) is 24.3 Å². The second kappa shape index (κ2) is 5.48. The lowest BCUT2D eigenvalue weighted by atomic mass is 9.82. The van der Waals surface area contributed by atoms with Crippen LogP contribution in [0.5, 0.6) is 0 Å². The van der Waals surface area contributed by atoms with E-state index in [4.69, 9.17) is 0 Å². The molecule has 0 saturated heterocycles. The van der Waals surface area contributed by atoms with Gasteiger partial charge in [0.05, 0.1) is 0 Å². The van der Waals surface area contributed by atoms with Gasteiger partial charge < -0.3 is 12.9 Å². The van der Waals surface area contributed by atoms with Gasteiger partial charge in [0, 0.05) is 5.75 Å². The first-order valence-corrected chi connectivity index (χ1v) is 6.06. The zero-order valence-electron chi connectivity index (χ0n) is 9.05. The molecule has 0 aromatic heterocycles. The van der Waals surface area contributed by atoms with Crippen LogP contribution in [0.2, 0.25) is 0 Å². The number of thioether (sulfide) groups is 1. The fraction of sp³-hybridized carbons (Fsp3) is 0.273. The Kier molecular flexibility index (Phi) is 4.53. The van der Waals surface area contributed by atoms with E-state index in [1.165, 1.54) is 11.8 Å². The highest BCUT2D eigenvalue weighted by Crippen LogP contribution is 2.24.